The first-order chi connectivity index (χ1) is 8.08. The summed E-state index contributed by atoms with van der Waals surface area (Å²) in [5, 5.41) is 0.260. The quantitative estimate of drug-likeness (QED) is 0.629. The van der Waals surface area contributed by atoms with Crippen LogP contribution in [0.5, 0.6) is 5.75 Å². The summed E-state index contributed by atoms with van der Waals surface area (Å²) in [5.41, 5.74) is 0. The number of nitrogens with zero attached hydrogens (tertiary/aromatic N) is 2. The second-order valence-corrected chi connectivity index (χ2v) is 4.98. The Kier molecular flexibility index (Phi) is 3.26. The minimum atomic E-state index is -3.87. The molecule has 0 unspecified atom stereocenters. The monoisotopic (exact) mass is 270 g/mol. The molecular weight excluding hydrogens is 264 g/mol. The topological polar surface area (TPSA) is 69.2 Å². The molecule has 0 aliphatic heterocycles. The van der Waals surface area contributed by atoms with Gasteiger partial charge in [-0.05, 0) is 24.3 Å². The van der Waals surface area contributed by atoms with E-state index in [1.165, 1.54) is 42.9 Å². The molecule has 0 saturated heterocycles. The third kappa shape index (κ3) is 2.92. The summed E-state index contributed by atoms with van der Waals surface area (Å²) in [6, 6.07) is 5.76. The Labute approximate surface area is 103 Å². The zero-order valence-electron chi connectivity index (χ0n) is 8.45. The molecule has 17 heavy (non-hydrogen) atoms. The number of aromatic nitrogens is 2. The van der Waals surface area contributed by atoms with Crippen LogP contribution < -0.4 is 4.18 Å². The van der Waals surface area contributed by atoms with E-state index in [-0.39, 0.29) is 15.8 Å². The lowest BCUT2D eigenvalue weighted by Gasteiger charge is -2.05. The van der Waals surface area contributed by atoms with E-state index in [4.69, 9.17) is 15.8 Å². The lowest BCUT2D eigenvalue weighted by atomic mass is 10.5. The molecule has 7 heteroatoms. The van der Waals surface area contributed by atoms with Crippen LogP contribution in [0.25, 0.3) is 0 Å². The molecule has 2 aromatic heterocycles. The summed E-state index contributed by atoms with van der Waals surface area (Å²) in [6.45, 7) is 0. The first-order valence-electron chi connectivity index (χ1n) is 4.54. The normalized spacial score (nSPS) is 11.1. The molecule has 0 aromatic carbocycles. The van der Waals surface area contributed by atoms with Crippen molar-refractivity contribution in [3.63, 3.8) is 0 Å². The maximum Gasteiger partial charge on any atom is 0.340 e. The van der Waals surface area contributed by atoms with E-state index in [1.807, 2.05) is 0 Å². The molecule has 0 bridgehead atoms. The van der Waals surface area contributed by atoms with Crippen molar-refractivity contribution < 1.29 is 12.6 Å². The van der Waals surface area contributed by atoms with Crippen LogP contribution in [0, 0.1) is 0 Å². The molecule has 0 aliphatic carbocycles. The molecule has 0 aliphatic rings. The number of hydrogen-bond donors (Lipinski definition) is 0. The zero-order valence-corrected chi connectivity index (χ0v) is 10.0. The third-order valence-corrected chi connectivity index (χ3v) is 3.28. The first kappa shape index (κ1) is 11.8. The first-order valence-corrected chi connectivity index (χ1v) is 6.33. The third-order valence-electron chi connectivity index (χ3n) is 1.83. The fourth-order valence-corrected chi connectivity index (χ4v) is 2.08. The minimum Gasteiger partial charge on any atom is -0.377 e. The SMILES string of the molecule is O=S(=O)(Oc1ccc(Cl)nc1)c1cccnc1. The molecular formula is C10H7ClN2O3S. The molecule has 2 rings (SSSR count). The number of hydrogen-bond acceptors (Lipinski definition) is 5. The van der Waals surface area contributed by atoms with Crippen LogP contribution in [-0.2, 0) is 10.1 Å². The second kappa shape index (κ2) is 4.68. The summed E-state index contributed by atoms with van der Waals surface area (Å²) in [7, 11) is -3.87. The van der Waals surface area contributed by atoms with Crippen molar-refractivity contribution in [3.8, 4) is 5.75 Å². The maximum atomic E-state index is 11.8. The van der Waals surface area contributed by atoms with Gasteiger partial charge in [0.2, 0.25) is 0 Å². The van der Waals surface area contributed by atoms with E-state index in [0.29, 0.717) is 0 Å². The summed E-state index contributed by atoms with van der Waals surface area (Å²) in [4.78, 5) is 7.41. The fourth-order valence-electron chi connectivity index (χ4n) is 1.08. The Hall–Kier alpha value is -1.66. The van der Waals surface area contributed by atoms with Gasteiger partial charge in [0, 0.05) is 12.4 Å². The van der Waals surface area contributed by atoms with Crippen molar-refractivity contribution in [1.29, 1.82) is 0 Å². The van der Waals surface area contributed by atoms with Crippen molar-refractivity contribution in [2.24, 2.45) is 0 Å². The van der Waals surface area contributed by atoms with Crippen molar-refractivity contribution in [1.82, 2.24) is 9.97 Å². The van der Waals surface area contributed by atoms with Gasteiger partial charge in [-0.2, -0.15) is 8.42 Å². The number of halogens is 1. The molecule has 0 fully saturated rings. The van der Waals surface area contributed by atoms with Gasteiger partial charge in [0.05, 0.1) is 6.20 Å². The number of pyridine rings is 2. The predicted molar refractivity (Wildman–Crippen MR) is 61.3 cm³/mol. The second-order valence-electron chi connectivity index (χ2n) is 3.04. The van der Waals surface area contributed by atoms with Crippen LogP contribution in [0.15, 0.2) is 47.8 Å². The van der Waals surface area contributed by atoms with E-state index in [1.54, 1.807) is 0 Å². The van der Waals surface area contributed by atoms with E-state index < -0.39 is 10.1 Å². The lowest BCUT2D eigenvalue weighted by molar-refractivity contribution is 0.484. The molecule has 0 saturated carbocycles. The predicted octanol–water partition coefficient (Wildman–Crippen LogP) is 1.90. The van der Waals surface area contributed by atoms with E-state index in [0.717, 1.165) is 0 Å². The molecule has 0 atom stereocenters. The molecule has 5 nitrogen and oxygen atoms in total. The smallest absolute Gasteiger partial charge is 0.340 e. The molecule has 0 N–H and O–H groups in total. The van der Waals surface area contributed by atoms with Crippen LogP contribution >= 0.6 is 11.6 Å². The molecule has 0 radical (unpaired) electrons. The van der Waals surface area contributed by atoms with Crippen LogP contribution in [0.4, 0.5) is 0 Å². The van der Waals surface area contributed by atoms with Crippen LogP contribution in [0.2, 0.25) is 5.15 Å². The van der Waals surface area contributed by atoms with Gasteiger partial charge in [-0.3, -0.25) is 4.98 Å². The average molecular weight is 271 g/mol. The molecule has 0 amide bonds. The largest absolute Gasteiger partial charge is 0.377 e. The molecule has 2 aromatic rings. The summed E-state index contributed by atoms with van der Waals surface area (Å²) in [5.74, 6) is 0.0956. The Bertz CT molecular complexity index is 599. The Balaban J connectivity index is 2.27. The highest BCUT2D eigenvalue weighted by Crippen LogP contribution is 2.18. The van der Waals surface area contributed by atoms with Gasteiger partial charge in [-0.25, -0.2) is 4.98 Å². The van der Waals surface area contributed by atoms with Crippen molar-refractivity contribution in [2.45, 2.75) is 4.90 Å². The van der Waals surface area contributed by atoms with Gasteiger partial charge in [0.15, 0.2) is 5.75 Å². The van der Waals surface area contributed by atoms with E-state index >= 15 is 0 Å². The van der Waals surface area contributed by atoms with Gasteiger partial charge < -0.3 is 4.18 Å². The van der Waals surface area contributed by atoms with Gasteiger partial charge in [-0.15, -0.1) is 0 Å². The van der Waals surface area contributed by atoms with Gasteiger partial charge in [0.25, 0.3) is 0 Å². The Morgan fingerprint density at radius 2 is 2.00 bits per heavy atom. The maximum absolute atomic E-state index is 11.8. The van der Waals surface area contributed by atoms with Crippen molar-refractivity contribution >= 4 is 21.7 Å². The number of rotatable bonds is 3. The molecule has 0 spiro atoms. The average Bonchev–Trinajstić information content (AvgIpc) is 2.33. The van der Waals surface area contributed by atoms with Gasteiger partial charge >= 0.3 is 10.1 Å². The molecule has 88 valence electrons. The molecule has 2 heterocycles. The van der Waals surface area contributed by atoms with Crippen molar-refractivity contribution in [3.05, 3.63) is 48.0 Å². The van der Waals surface area contributed by atoms with Crippen LogP contribution in [0.1, 0.15) is 0 Å². The van der Waals surface area contributed by atoms with Gasteiger partial charge in [0.1, 0.15) is 10.0 Å². The van der Waals surface area contributed by atoms with E-state index in [2.05, 4.69) is 9.97 Å². The highest BCUT2D eigenvalue weighted by molar-refractivity contribution is 7.87. The minimum absolute atomic E-state index is 0.0186. The van der Waals surface area contributed by atoms with Crippen LogP contribution in [-0.4, -0.2) is 18.4 Å². The zero-order chi connectivity index (χ0) is 12.3. The summed E-state index contributed by atoms with van der Waals surface area (Å²) in [6.07, 6.45) is 3.91. The summed E-state index contributed by atoms with van der Waals surface area (Å²) >= 11 is 5.57. The van der Waals surface area contributed by atoms with Crippen LogP contribution in [0.3, 0.4) is 0 Å². The van der Waals surface area contributed by atoms with Gasteiger partial charge in [-0.1, -0.05) is 11.6 Å². The summed E-state index contributed by atoms with van der Waals surface area (Å²) < 4.78 is 28.4. The Morgan fingerprint density at radius 1 is 1.18 bits per heavy atom. The van der Waals surface area contributed by atoms with Crippen molar-refractivity contribution in [2.75, 3.05) is 0 Å². The highest BCUT2D eigenvalue weighted by atomic mass is 35.5. The fraction of sp³-hybridized carbons (Fsp3) is 0. The van der Waals surface area contributed by atoms with E-state index in [9.17, 15) is 8.42 Å². The standard InChI is InChI=1S/C10H7ClN2O3S/c11-10-4-3-8(6-13-10)16-17(14,15)9-2-1-5-12-7-9/h1-7H. The lowest BCUT2D eigenvalue weighted by Crippen LogP contribution is -2.09. The Morgan fingerprint density at radius 3 is 2.59 bits per heavy atom. The highest BCUT2D eigenvalue weighted by Gasteiger charge is 2.16.